The predicted molar refractivity (Wildman–Crippen MR) is 77.2 cm³/mol. The van der Waals surface area contributed by atoms with E-state index in [9.17, 15) is 4.79 Å². The monoisotopic (exact) mass is 274 g/mol. The SMILES string of the molecule is CC1SCCC1NCCCNC(=O)OC(C)(C)C. The van der Waals surface area contributed by atoms with Gasteiger partial charge in [0.25, 0.3) is 0 Å². The Morgan fingerprint density at radius 2 is 2.11 bits per heavy atom. The number of rotatable bonds is 5. The summed E-state index contributed by atoms with van der Waals surface area (Å²) in [6.07, 6.45) is 1.87. The minimum absolute atomic E-state index is 0.327. The van der Waals surface area contributed by atoms with Crippen molar-refractivity contribution in [2.75, 3.05) is 18.8 Å². The minimum atomic E-state index is -0.418. The fourth-order valence-electron chi connectivity index (χ4n) is 1.88. The summed E-state index contributed by atoms with van der Waals surface area (Å²) in [7, 11) is 0. The molecule has 0 radical (unpaired) electrons. The number of ether oxygens (including phenoxy) is 1. The van der Waals surface area contributed by atoms with Gasteiger partial charge in [0.1, 0.15) is 5.60 Å². The first kappa shape index (κ1) is 15.6. The second-order valence-corrected chi connectivity index (χ2v) is 7.19. The highest BCUT2D eigenvalue weighted by Gasteiger charge is 2.22. The quantitative estimate of drug-likeness (QED) is 0.756. The smallest absolute Gasteiger partial charge is 0.407 e. The van der Waals surface area contributed by atoms with Crippen molar-refractivity contribution in [2.24, 2.45) is 0 Å². The Morgan fingerprint density at radius 1 is 1.39 bits per heavy atom. The van der Waals surface area contributed by atoms with E-state index >= 15 is 0 Å². The van der Waals surface area contributed by atoms with Crippen LogP contribution in [0.2, 0.25) is 0 Å². The van der Waals surface area contributed by atoms with Crippen LogP contribution in [0.1, 0.15) is 40.5 Å². The van der Waals surface area contributed by atoms with Crippen LogP contribution in [-0.2, 0) is 4.74 Å². The van der Waals surface area contributed by atoms with Gasteiger partial charge in [-0.1, -0.05) is 6.92 Å². The Bertz CT molecular complexity index is 266. The van der Waals surface area contributed by atoms with Crippen molar-refractivity contribution in [3.8, 4) is 0 Å². The lowest BCUT2D eigenvalue weighted by Crippen LogP contribution is -2.37. The first-order chi connectivity index (χ1) is 8.38. The molecule has 0 aromatic carbocycles. The molecule has 0 saturated carbocycles. The van der Waals surface area contributed by atoms with Crippen molar-refractivity contribution in [3.63, 3.8) is 0 Å². The summed E-state index contributed by atoms with van der Waals surface area (Å²) in [4.78, 5) is 11.4. The number of hydrogen-bond donors (Lipinski definition) is 2. The second-order valence-electron chi connectivity index (χ2n) is 5.71. The fraction of sp³-hybridized carbons (Fsp3) is 0.923. The fourth-order valence-corrected chi connectivity index (χ4v) is 3.11. The maximum Gasteiger partial charge on any atom is 0.407 e. The highest BCUT2D eigenvalue weighted by molar-refractivity contribution is 8.00. The van der Waals surface area contributed by atoms with E-state index in [-0.39, 0.29) is 6.09 Å². The van der Waals surface area contributed by atoms with Gasteiger partial charge in [-0.3, -0.25) is 0 Å². The van der Waals surface area contributed by atoms with Gasteiger partial charge in [0.15, 0.2) is 0 Å². The van der Waals surface area contributed by atoms with E-state index < -0.39 is 5.60 Å². The molecule has 1 aliphatic heterocycles. The molecule has 2 unspecified atom stereocenters. The Hall–Kier alpha value is -0.420. The molecule has 0 aliphatic carbocycles. The van der Waals surface area contributed by atoms with Crippen LogP contribution in [0.5, 0.6) is 0 Å². The van der Waals surface area contributed by atoms with Gasteiger partial charge >= 0.3 is 6.09 Å². The van der Waals surface area contributed by atoms with E-state index in [1.54, 1.807) is 0 Å². The number of hydrogen-bond acceptors (Lipinski definition) is 4. The maximum atomic E-state index is 11.4. The van der Waals surface area contributed by atoms with Gasteiger partial charge in [-0.25, -0.2) is 4.79 Å². The number of carbonyl (C=O) groups is 1. The van der Waals surface area contributed by atoms with E-state index in [2.05, 4.69) is 17.6 Å². The molecule has 0 spiro atoms. The number of alkyl carbamates (subject to hydrolysis) is 1. The van der Waals surface area contributed by atoms with Gasteiger partial charge in [0, 0.05) is 17.8 Å². The van der Waals surface area contributed by atoms with Crippen LogP contribution >= 0.6 is 11.8 Å². The molecule has 5 heteroatoms. The number of carbonyl (C=O) groups excluding carboxylic acids is 1. The van der Waals surface area contributed by atoms with E-state index in [0.29, 0.717) is 17.8 Å². The molecule has 0 bridgehead atoms. The number of thioether (sulfide) groups is 1. The molecular formula is C13H26N2O2S. The van der Waals surface area contributed by atoms with Gasteiger partial charge in [0.2, 0.25) is 0 Å². The Morgan fingerprint density at radius 3 is 2.67 bits per heavy atom. The van der Waals surface area contributed by atoms with Crippen molar-refractivity contribution in [1.82, 2.24) is 10.6 Å². The average Bonchev–Trinajstić information content (AvgIpc) is 2.61. The van der Waals surface area contributed by atoms with Crippen LogP contribution in [0.3, 0.4) is 0 Å². The molecule has 2 N–H and O–H groups in total. The third kappa shape index (κ3) is 6.50. The molecule has 1 amide bonds. The zero-order chi connectivity index (χ0) is 13.6. The number of amides is 1. The standard InChI is InChI=1S/C13H26N2O2S/c1-10-11(6-9-18-10)14-7-5-8-15-12(16)17-13(2,3)4/h10-11,14H,5-9H2,1-4H3,(H,15,16). The maximum absolute atomic E-state index is 11.4. The summed E-state index contributed by atoms with van der Waals surface area (Å²) >= 11 is 2.03. The first-order valence-corrected chi connectivity index (χ1v) is 7.75. The van der Waals surface area contributed by atoms with Crippen molar-refractivity contribution in [1.29, 1.82) is 0 Å². The average molecular weight is 274 g/mol. The zero-order valence-electron chi connectivity index (χ0n) is 11.9. The summed E-state index contributed by atoms with van der Waals surface area (Å²) < 4.78 is 5.16. The Balaban J connectivity index is 2.00. The third-order valence-corrected chi connectivity index (χ3v) is 4.13. The topological polar surface area (TPSA) is 50.4 Å². The summed E-state index contributed by atoms with van der Waals surface area (Å²) in [6, 6.07) is 0.636. The molecule has 4 nitrogen and oxygen atoms in total. The zero-order valence-corrected chi connectivity index (χ0v) is 12.7. The van der Waals surface area contributed by atoms with Gasteiger partial charge in [-0.15, -0.1) is 0 Å². The summed E-state index contributed by atoms with van der Waals surface area (Å²) in [5, 5.41) is 7.02. The van der Waals surface area contributed by atoms with Crippen LogP contribution in [0.15, 0.2) is 0 Å². The lowest BCUT2D eigenvalue weighted by molar-refractivity contribution is 0.0527. The van der Waals surface area contributed by atoms with Gasteiger partial charge < -0.3 is 15.4 Å². The van der Waals surface area contributed by atoms with E-state index in [0.717, 1.165) is 13.0 Å². The largest absolute Gasteiger partial charge is 0.444 e. The van der Waals surface area contributed by atoms with Crippen molar-refractivity contribution in [2.45, 2.75) is 57.4 Å². The van der Waals surface area contributed by atoms with Gasteiger partial charge in [-0.05, 0) is 45.9 Å². The molecule has 18 heavy (non-hydrogen) atoms. The summed E-state index contributed by atoms with van der Waals surface area (Å²) in [6.45, 7) is 9.49. The van der Waals surface area contributed by atoms with Crippen molar-refractivity contribution in [3.05, 3.63) is 0 Å². The lowest BCUT2D eigenvalue weighted by Gasteiger charge is -2.20. The Kier molecular flexibility index (Phi) is 6.29. The first-order valence-electron chi connectivity index (χ1n) is 6.70. The van der Waals surface area contributed by atoms with Gasteiger partial charge in [0.05, 0.1) is 0 Å². The summed E-state index contributed by atoms with van der Waals surface area (Å²) in [5.74, 6) is 1.26. The second kappa shape index (κ2) is 7.24. The van der Waals surface area contributed by atoms with E-state index in [4.69, 9.17) is 4.74 Å². The Labute approximate surface area is 115 Å². The van der Waals surface area contributed by atoms with Crippen LogP contribution in [-0.4, -0.2) is 41.8 Å². The number of nitrogens with one attached hydrogen (secondary N) is 2. The molecule has 0 aromatic rings. The third-order valence-electron chi connectivity index (χ3n) is 2.80. The van der Waals surface area contributed by atoms with E-state index in [1.807, 2.05) is 32.5 Å². The normalized spacial score (nSPS) is 24.0. The minimum Gasteiger partial charge on any atom is -0.444 e. The van der Waals surface area contributed by atoms with Gasteiger partial charge in [-0.2, -0.15) is 11.8 Å². The van der Waals surface area contributed by atoms with Crippen LogP contribution in [0, 0.1) is 0 Å². The lowest BCUT2D eigenvalue weighted by atomic mass is 10.2. The molecule has 1 rings (SSSR count). The van der Waals surface area contributed by atoms with Crippen molar-refractivity contribution >= 4 is 17.9 Å². The summed E-state index contributed by atoms with van der Waals surface area (Å²) in [5.41, 5.74) is -0.418. The van der Waals surface area contributed by atoms with E-state index in [1.165, 1.54) is 12.2 Å². The van der Waals surface area contributed by atoms with Crippen LogP contribution in [0.25, 0.3) is 0 Å². The molecule has 1 aliphatic rings. The molecule has 2 atom stereocenters. The predicted octanol–water partition coefficient (Wildman–Crippen LogP) is 2.38. The molecule has 106 valence electrons. The van der Waals surface area contributed by atoms with Crippen LogP contribution in [0.4, 0.5) is 4.79 Å². The molecule has 0 aromatic heterocycles. The van der Waals surface area contributed by atoms with Crippen LogP contribution < -0.4 is 10.6 Å². The molecular weight excluding hydrogens is 248 g/mol. The molecule has 1 saturated heterocycles. The highest BCUT2D eigenvalue weighted by atomic mass is 32.2. The molecule has 1 fully saturated rings. The molecule has 1 heterocycles. The highest BCUT2D eigenvalue weighted by Crippen LogP contribution is 2.25. The van der Waals surface area contributed by atoms with Crippen molar-refractivity contribution < 1.29 is 9.53 Å².